The van der Waals surface area contributed by atoms with Crippen molar-refractivity contribution in [3.8, 4) is 0 Å². The number of hydrogen-bond donors (Lipinski definition) is 3. The fourth-order valence-corrected chi connectivity index (χ4v) is 1.89. The van der Waals surface area contributed by atoms with Crippen molar-refractivity contribution < 1.29 is 14.5 Å². The van der Waals surface area contributed by atoms with Crippen LogP contribution in [-0.2, 0) is 4.79 Å². The molecule has 1 aliphatic rings. The SMILES string of the molecule is Nc1ncc([N+](=O)[O-])cc1C(=O)NCC1CCC(=O)N1. The molecule has 1 aromatic rings. The zero-order chi connectivity index (χ0) is 14.7. The number of hydrogen-bond acceptors (Lipinski definition) is 6. The zero-order valence-electron chi connectivity index (χ0n) is 10.5. The monoisotopic (exact) mass is 279 g/mol. The summed E-state index contributed by atoms with van der Waals surface area (Å²) >= 11 is 0. The number of nitrogens with zero attached hydrogens (tertiary/aromatic N) is 2. The maximum atomic E-state index is 11.9. The molecule has 0 bridgehead atoms. The van der Waals surface area contributed by atoms with Crippen molar-refractivity contribution in [2.45, 2.75) is 18.9 Å². The molecule has 0 aliphatic carbocycles. The number of amides is 2. The lowest BCUT2D eigenvalue weighted by Gasteiger charge is -2.11. The van der Waals surface area contributed by atoms with Gasteiger partial charge in [-0.1, -0.05) is 0 Å². The lowest BCUT2D eigenvalue weighted by Crippen LogP contribution is -2.38. The number of carbonyl (C=O) groups is 2. The van der Waals surface area contributed by atoms with Crippen LogP contribution >= 0.6 is 0 Å². The number of nitrogen functional groups attached to an aromatic ring is 1. The molecule has 20 heavy (non-hydrogen) atoms. The van der Waals surface area contributed by atoms with Crippen molar-refractivity contribution in [1.82, 2.24) is 15.6 Å². The van der Waals surface area contributed by atoms with Crippen LogP contribution in [0.4, 0.5) is 11.5 Å². The highest BCUT2D eigenvalue weighted by Gasteiger charge is 2.22. The minimum Gasteiger partial charge on any atom is -0.383 e. The second-order valence-corrected chi connectivity index (χ2v) is 4.40. The minimum atomic E-state index is -0.652. The maximum absolute atomic E-state index is 11.9. The van der Waals surface area contributed by atoms with Gasteiger partial charge in [-0.15, -0.1) is 0 Å². The Hall–Kier alpha value is -2.71. The molecule has 4 N–H and O–H groups in total. The van der Waals surface area contributed by atoms with E-state index in [9.17, 15) is 19.7 Å². The molecule has 106 valence electrons. The predicted molar refractivity (Wildman–Crippen MR) is 68.8 cm³/mol. The van der Waals surface area contributed by atoms with E-state index in [1.807, 2.05) is 0 Å². The van der Waals surface area contributed by atoms with E-state index >= 15 is 0 Å². The molecule has 0 saturated carbocycles. The van der Waals surface area contributed by atoms with Crippen LogP contribution in [-0.4, -0.2) is 34.3 Å². The van der Waals surface area contributed by atoms with E-state index in [0.29, 0.717) is 12.8 Å². The van der Waals surface area contributed by atoms with Crippen molar-refractivity contribution in [2.24, 2.45) is 0 Å². The van der Waals surface area contributed by atoms with Crippen LogP contribution in [0.15, 0.2) is 12.3 Å². The van der Waals surface area contributed by atoms with E-state index in [0.717, 1.165) is 12.3 Å². The highest BCUT2D eigenvalue weighted by atomic mass is 16.6. The first kappa shape index (κ1) is 13.7. The summed E-state index contributed by atoms with van der Waals surface area (Å²) in [5.74, 6) is -0.691. The molecule has 2 heterocycles. The molecule has 1 aromatic heterocycles. The molecule has 1 unspecified atom stereocenters. The van der Waals surface area contributed by atoms with Crippen LogP contribution in [0.2, 0.25) is 0 Å². The Morgan fingerprint density at radius 1 is 1.65 bits per heavy atom. The zero-order valence-corrected chi connectivity index (χ0v) is 10.5. The molecule has 2 rings (SSSR count). The Kier molecular flexibility index (Phi) is 3.78. The molecule has 1 aliphatic heterocycles. The summed E-state index contributed by atoms with van der Waals surface area (Å²) < 4.78 is 0. The fourth-order valence-electron chi connectivity index (χ4n) is 1.89. The summed E-state index contributed by atoms with van der Waals surface area (Å²) in [7, 11) is 0. The molecule has 1 fully saturated rings. The lowest BCUT2D eigenvalue weighted by atomic mass is 10.2. The standard InChI is InChI=1S/C11H13N5O4/c12-10-8(3-7(5-13-10)16(19)20)11(18)14-4-6-1-2-9(17)15-6/h3,5-6H,1-2,4H2,(H2,12,13)(H,14,18)(H,15,17). The Balaban J connectivity index is 2.03. The van der Waals surface area contributed by atoms with Crippen LogP contribution in [0.25, 0.3) is 0 Å². The second-order valence-electron chi connectivity index (χ2n) is 4.40. The summed E-state index contributed by atoms with van der Waals surface area (Å²) in [6.07, 6.45) is 2.06. The second kappa shape index (κ2) is 5.51. The van der Waals surface area contributed by atoms with E-state index in [1.165, 1.54) is 0 Å². The van der Waals surface area contributed by atoms with Crippen LogP contribution in [0.3, 0.4) is 0 Å². The smallest absolute Gasteiger partial charge is 0.288 e. The molecular formula is C11H13N5O4. The van der Waals surface area contributed by atoms with E-state index in [4.69, 9.17) is 5.73 Å². The van der Waals surface area contributed by atoms with Crippen molar-refractivity contribution >= 4 is 23.3 Å². The Labute approximate surface area is 113 Å². The lowest BCUT2D eigenvalue weighted by molar-refractivity contribution is -0.385. The van der Waals surface area contributed by atoms with E-state index < -0.39 is 10.8 Å². The molecule has 1 saturated heterocycles. The Bertz CT molecular complexity index is 574. The molecule has 9 heteroatoms. The number of carbonyl (C=O) groups excluding carboxylic acids is 2. The van der Waals surface area contributed by atoms with Gasteiger partial charge in [-0.2, -0.15) is 0 Å². The van der Waals surface area contributed by atoms with Crippen molar-refractivity contribution in [1.29, 1.82) is 0 Å². The number of nitrogens with one attached hydrogen (secondary N) is 2. The molecule has 1 atom stereocenters. The molecule has 2 amide bonds. The van der Waals surface area contributed by atoms with Gasteiger partial charge < -0.3 is 16.4 Å². The van der Waals surface area contributed by atoms with Gasteiger partial charge in [0.2, 0.25) is 5.91 Å². The Morgan fingerprint density at radius 2 is 2.40 bits per heavy atom. The van der Waals surface area contributed by atoms with Crippen molar-refractivity contribution in [3.63, 3.8) is 0 Å². The summed E-state index contributed by atoms with van der Waals surface area (Å²) in [6, 6.07) is 0.949. The molecule has 0 radical (unpaired) electrons. The van der Waals surface area contributed by atoms with Gasteiger partial charge >= 0.3 is 0 Å². The van der Waals surface area contributed by atoms with Crippen LogP contribution in [0, 0.1) is 10.1 Å². The predicted octanol–water partition coefficient (Wildman–Crippen LogP) is -0.420. The van der Waals surface area contributed by atoms with E-state index in [1.54, 1.807) is 0 Å². The Morgan fingerprint density at radius 3 is 3.00 bits per heavy atom. The third-order valence-corrected chi connectivity index (χ3v) is 2.95. The quantitative estimate of drug-likeness (QED) is 0.505. The topological polar surface area (TPSA) is 140 Å². The van der Waals surface area contributed by atoms with Gasteiger partial charge in [0.1, 0.15) is 12.0 Å². The molecular weight excluding hydrogens is 266 g/mol. The number of pyridine rings is 1. The van der Waals surface area contributed by atoms with Crippen molar-refractivity contribution in [2.75, 3.05) is 12.3 Å². The summed E-state index contributed by atoms with van der Waals surface area (Å²) in [6.45, 7) is 0.243. The summed E-state index contributed by atoms with van der Waals surface area (Å²) in [5, 5.41) is 15.9. The average Bonchev–Trinajstić information content (AvgIpc) is 2.82. The first-order valence-corrected chi connectivity index (χ1v) is 5.95. The number of rotatable bonds is 4. The maximum Gasteiger partial charge on any atom is 0.288 e. The van der Waals surface area contributed by atoms with Crippen LogP contribution in [0.1, 0.15) is 23.2 Å². The fraction of sp³-hybridized carbons (Fsp3) is 0.364. The third-order valence-electron chi connectivity index (χ3n) is 2.95. The van der Waals surface area contributed by atoms with Gasteiger partial charge in [0.05, 0.1) is 10.5 Å². The van der Waals surface area contributed by atoms with E-state index in [2.05, 4.69) is 15.6 Å². The number of aromatic nitrogens is 1. The van der Waals surface area contributed by atoms with Crippen LogP contribution in [0.5, 0.6) is 0 Å². The summed E-state index contributed by atoms with van der Waals surface area (Å²) in [5.41, 5.74) is 5.17. The highest BCUT2D eigenvalue weighted by molar-refractivity contribution is 5.98. The average molecular weight is 279 g/mol. The van der Waals surface area contributed by atoms with Gasteiger partial charge in [-0.05, 0) is 6.42 Å². The number of nitro groups is 1. The van der Waals surface area contributed by atoms with Gasteiger partial charge in [-0.3, -0.25) is 19.7 Å². The number of anilines is 1. The number of nitrogens with two attached hydrogens (primary N) is 1. The molecule has 9 nitrogen and oxygen atoms in total. The highest BCUT2D eigenvalue weighted by Crippen LogP contribution is 2.16. The third kappa shape index (κ3) is 2.99. The normalized spacial score (nSPS) is 17.6. The van der Waals surface area contributed by atoms with Gasteiger partial charge in [0.25, 0.3) is 11.6 Å². The van der Waals surface area contributed by atoms with Gasteiger partial charge in [0, 0.05) is 25.1 Å². The largest absolute Gasteiger partial charge is 0.383 e. The summed E-state index contributed by atoms with van der Waals surface area (Å²) in [4.78, 5) is 36.5. The van der Waals surface area contributed by atoms with Gasteiger partial charge in [0.15, 0.2) is 0 Å². The van der Waals surface area contributed by atoms with Crippen molar-refractivity contribution in [3.05, 3.63) is 27.9 Å². The molecule has 0 spiro atoms. The van der Waals surface area contributed by atoms with Gasteiger partial charge in [-0.25, -0.2) is 4.98 Å². The first-order chi connectivity index (χ1) is 9.47. The van der Waals surface area contributed by atoms with Crippen LogP contribution < -0.4 is 16.4 Å². The van der Waals surface area contributed by atoms with E-state index in [-0.39, 0.29) is 35.6 Å². The minimum absolute atomic E-state index is 0.0523. The molecule has 0 aromatic carbocycles. The first-order valence-electron chi connectivity index (χ1n) is 5.95.